The maximum Gasteiger partial charge on any atom is 0.395 e. The summed E-state index contributed by atoms with van der Waals surface area (Å²) in [6.45, 7) is 2.68. The van der Waals surface area contributed by atoms with Crippen LogP contribution in [0.15, 0.2) is 71.7 Å². The number of methoxy groups -OCH3 is 1. The van der Waals surface area contributed by atoms with Crippen molar-refractivity contribution in [2.45, 2.75) is 50.5 Å². The van der Waals surface area contributed by atoms with Crippen molar-refractivity contribution in [2.24, 2.45) is 4.74 Å². The molecule has 1 aliphatic heterocycles. The number of hydrogen-bond donors (Lipinski definition) is 4. The lowest BCUT2D eigenvalue weighted by Crippen LogP contribution is -2.44. The Morgan fingerprint density at radius 3 is 2.69 bits per heavy atom. The van der Waals surface area contributed by atoms with Crippen LogP contribution in [0.5, 0.6) is 17.4 Å². The van der Waals surface area contributed by atoms with E-state index in [9.17, 15) is 24.3 Å². The number of anilines is 1. The highest BCUT2D eigenvalue weighted by Gasteiger charge is 2.54. The van der Waals surface area contributed by atoms with Gasteiger partial charge in [0, 0.05) is 11.9 Å². The maximum absolute atomic E-state index is 13.3. The van der Waals surface area contributed by atoms with E-state index in [4.69, 9.17) is 23.8 Å². The molecule has 3 aromatic carbocycles. The smallest absolute Gasteiger partial charge is 0.395 e. The summed E-state index contributed by atoms with van der Waals surface area (Å²) < 4.78 is 41.7. The summed E-state index contributed by atoms with van der Waals surface area (Å²) in [5.41, 5.74) is -0.569. The van der Waals surface area contributed by atoms with Crippen LogP contribution >= 0.6 is 8.17 Å². The van der Waals surface area contributed by atoms with Crippen LogP contribution in [0.1, 0.15) is 25.6 Å². The average molecular weight is 695 g/mol. The summed E-state index contributed by atoms with van der Waals surface area (Å²) in [5.74, 6) is -1.12. The Hall–Kier alpha value is -4.99. The van der Waals surface area contributed by atoms with Gasteiger partial charge in [0.15, 0.2) is 29.2 Å². The van der Waals surface area contributed by atoms with E-state index in [0.29, 0.717) is 5.39 Å². The molecule has 6 atom stereocenters. The van der Waals surface area contributed by atoms with Gasteiger partial charge in [-0.05, 0) is 43.0 Å². The Balaban J connectivity index is 1.25. The molecule has 5 aromatic rings. The van der Waals surface area contributed by atoms with Crippen LogP contribution < -0.4 is 24.2 Å². The second-order valence-corrected chi connectivity index (χ2v) is 12.3. The SMILES string of the molecule is COc1nc(NCc2ccc(F)cc2)nc2c1ncn2[C@@H]1O[C@H](COc2ccc3ccccc3c2O[P+]([O-])=NC(C)C(=O)O)[C@@H](O)[C@@]1(C)O. The Morgan fingerprint density at radius 2 is 1.96 bits per heavy atom. The number of hydrogen-bond acceptors (Lipinski definition) is 13. The molecule has 0 saturated carbocycles. The first-order valence-electron chi connectivity index (χ1n) is 15.0. The van der Waals surface area contributed by atoms with Crippen LogP contribution in [0.3, 0.4) is 0 Å². The molecule has 1 saturated heterocycles. The number of carbonyl (C=O) groups is 1. The standard InChI is InChI=1S/C32H32FN6O9P/c1-17(29(41)42)38-49(44)48-25-21-7-5-4-6-19(21)10-13-22(25)46-15-23-26(40)32(2,43)30(47-23)39-16-35-24-27(39)36-31(37-28(24)45-3)34-14-18-8-11-20(33)12-9-18/h4-13,16-17,23,26,30,40,43H,14-15H2,1-3H3,(H,41,42)(H,34,36,37)/t17?,23-,26-,30-,32-/m1/s1. The number of aliphatic hydroxyl groups is 2. The quantitative estimate of drug-likeness (QED) is 0.138. The highest BCUT2D eigenvalue weighted by Crippen LogP contribution is 2.43. The maximum atomic E-state index is 13.3. The van der Waals surface area contributed by atoms with E-state index in [1.165, 1.54) is 44.0 Å². The van der Waals surface area contributed by atoms with Crippen LogP contribution in [0.2, 0.25) is 0 Å². The van der Waals surface area contributed by atoms with Gasteiger partial charge in [0.25, 0.3) is 0 Å². The van der Waals surface area contributed by atoms with Gasteiger partial charge in [0.05, 0.1) is 13.4 Å². The highest BCUT2D eigenvalue weighted by molar-refractivity contribution is 7.34. The lowest BCUT2D eigenvalue weighted by atomic mass is 9.96. The molecule has 15 nitrogen and oxygen atoms in total. The molecule has 49 heavy (non-hydrogen) atoms. The van der Waals surface area contributed by atoms with Crippen LogP contribution in [0, 0.1) is 5.82 Å². The highest BCUT2D eigenvalue weighted by atomic mass is 31.1. The number of aromatic nitrogens is 4. The van der Waals surface area contributed by atoms with Crippen molar-refractivity contribution in [3.05, 3.63) is 78.4 Å². The molecule has 4 N–H and O–H groups in total. The van der Waals surface area contributed by atoms with Crippen LogP contribution in [-0.4, -0.2) is 78.4 Å². The van der Waals surface area contributed by atoms with E-state index in [1.54, 1.807) is 48.5 Å². The van der Waals surface area contributed by atoms with Crippen LogP contribution in [0.25, 0.3) is 21.9 Å². The van der Waals surface area contributed by atoms with Crippen molar-refractivity contribution in [3.8, 4) is 17.4 Å². The fourth-order valence-electron chi connectivity index (χ4n) is 5.34. The molecule has 0 bridgehead atoms. The van der Waals surface area contributed by atoms with Crippen molar-refractivity contribution in [1.82, 2.24) is 19.5 Å². The van der Waals surface area contributed by atoms with E-state index in [1.807, 2.05) is 0 Å². The van der Waals surface area contributed by atoms with E-state index in [-0.39, 0.29) is 53.5 Å². The molecule has 2 unspecified atom stereocenters. The first-order valence-corrected chi connectivity index (χ1v) is 16.2. The van der Waals surface area contributed by atoms with Crippen molar-refractivity contribution < 1.29 is 48.1 Å². The molecule has 0 radical (unpaired) electrons. The number of benzene rings is 3. The number of imidazole rings is 1. The Kier molecular flexibility index (Phi) is 9.59. The molecular formula is C32H32FN6O9P. The van der Waals surface area contributed by atoms with Crippen molar-refractivity contribution in [3.63, 3.8) is 0 Å². The number of aliphatic hydroxyl groups excluding tert-OH is 1. The number of nitrogens with one attached hydrogen (secondary N) is 1. The van der Waals surface area contributed by atoms with Gasteiger partial charge < -0.3 is 39.7 Å². The minimum Gasteiger partial charge on any atom is -0.575 e. The summed E-state index contributed by atoms with van der Waals surface area (Å²) in [6.07, 6.45) is -2.35. The minimum atomic E-state index is -2.80. The normalized spacial score (nSPS) is 21.5. The zero-order valence-corrected chi connectivity index (χ0v) is 27.3. The van der Waals surface area contributed by atoms with Crippen LogP contribution in [-0.2, 0) is 16.1 Å². The third-order valence-electron chi connectivity index (χ3n) is 7.99. The number of rotatable bonds is 12. The third kappa shape index (κ3) is 6.95. The molecule has 1 aliphatic rings. The summed E-state index contributed by atoms with van der Waals surface area (Å²) in [4.78, 5) is 37.2. The van der Waals surface area contributed by atoms with Crippen molar-refractivity contribution >= 4 is 42.0 Å². The van der Waals surface area contributed by atoms with E-state index in [0.717, 1.165) is 10.9 Å². The predicted octanol–water partition coefficient (Wildman–Crippen LogP) is 3.54. The number of carboxylic acid groups (broad SMARTS) is 1. The van der Waals surface area contributed by atoms with E-state index in [2.05, 4.69) is 25.0 Å². The second kappa shape index (κ2) is 13.9. The zero-order chi connectivity index (χ0) is 34.9. The Bertz CT molecular complexity index is 2030. The molecule has 2 aromatic heterocycles. The van der Waals surface area contributed by atoms with Gasteiger partial charge in [0.2, 0.25) is 17.6 Å². The fourth-order valence-corrected chi connectivity index (χ4v) is 6.11. The molecule has 0 spiro atoms. The monoisotopic (exact) mass is 694 g/mol. The predicted molar refractivity (Wildman–Crippen MR) is 173 cm³/mol. The Morgan fingerprint density at radius 1 is 1.20 bits per heavy atom. The van der Waals surface area contributed by atoms with Gasteiger partial charge in [-0.25, -0.2) is 14.2 Å². The second-order valence-electron chi connectivity index (χ2n) is 11.4. The van der Waals surface area contributed by atoms with E-state index < -0.39 is 44.2 Å². The summed E-state index contributed by atoms with van der Waals surface area (Å²) >= 11 is 0. The number of carboxylic acids is 1. The molecule has 1 fully saturated rings. The number of halogens is 1. The summed E-state index contributed by atoms with van der Waals surface area (Å²) in [5, 5.41) is 36.2. The minimum absolute atomic E-state index is 0.0569. The average Bonchev–Trinajstić information content (AvgIpc) is 3.60. The first kappa shape index (κ1) is 33.9. The molecule has 0 amide bonds. The summed E-state index contributed by atoms with van der Waals surface area (Å²) in [6, 6.07) is 15.1. The molecule has 6 rings (SSSR count). The van der Waals surface area contributed by atoms with Gasteiger partial charge >= 0.3 is 14.1 Å². The van der Waals surface area contributed by atoms with Crippen LogP contribution in [0.4, 0.5) is 10.3 Å². The van der Waals surface area contributed by atoms with Crippen molar-refractivity contribution in [2.75, 3.05) is 19.0 Å². The summed E-state index contributed by atoms with van der Waals surface area (Å²) in [7, 11) is -1.37. The largest absolute Gasteiger partial charge is 0.575 e. The Labute approximate surface area is 279 Å². The number of aliphatic carboxylic acids is 1. The molecular weight excluding hydrogens is 662 g/mol. The first-order chi connectivity index (χ1) is 23.5. The molecule has 0 aliphatic carbocycles. The van der Waals surface area contributed by atoms with Gasteiger partial charge in [-0.1, -0.05) is 47.2 Å². The topological polar surface area (TPSA) is 206 Å². The van der Waals surface area contributed by atoms with Gasteiger partial charge in [-0.3, -0.25) is 9.09 Å². The molecule has 17 heteroatoms. The fraction of sp³-hybridized carbons (Fsp3) is 0.312. The number of nitrogens with zero attached hydrogens (tertiary/aromatic N) is 5. The van der Waals surface area contributed by atoms with Crippen molar-refractivity contribution in [1.29, 1.82) is 0 Å². The van der Waals surface area contributed by atoms with Gasteiger partial charge in [0.1, 0.15) is 30.2 Å². The number of ether oxygens (including phenoxy) is 3. The number of fused-ring (bicyclic) bond motifs is 2. The molecule has 256 valence electrons. The third-order valence-corrected chi connectivity index (χ3v) is 8.87. The lowest BCUT2D eigenvalue weighted by molar-refractivity contribution is -0.169. The zero-order valence-electron chi connectivity index (χ0n) is 26.4. The van der Waals surface area contributed by atoms with Gasteiger partial charge in [-0.2, -0.15) is 9.97 Å². The van der Waals surface area contributed by atoms with E-state index >= 15 is 0 Å². The van der Waals surface area contributed by atoms with Gasteiger partial charge in [-0.15, -0.1) is 0 Å². The molecule has 3 heterocycles. The lowest BCUT2D eigenvalue weighted by Gasteiger charge is -2.27.